The highest BCUT2D eigenvalue weighted by atomic mass is 31.2. The molecule has 0 saturated heterocycles. The Morgan fingerprint density at radius 1 is 0.261 bits per heavy atom. The predicted octanol–water partition coefficient (Wildman–Crippen LogP) is 28.6. The molecule has 0 fully saturated rings. The second kappa shape index (κ2) is 83.1. The van der Waals surface area contributed by atoms with Gasteiger partial charge in [-0.25, -0.2) is 9.13 Å². The Bertz CT molecular complexity index is 2120. The molecule has 0 aromatic carbocycles. The minimum Gasteiger partial charge on any atom is -0.462 e. The number of ether oxygens (including phenoxy) is 4. The van der Waals surface area contributed by atoms with Crippen LogP contribution in [0.2, 0.25) is 0 Å². The number of carbonyl (C=O) groups excluding carboxylic acids is 4. The van der Waals surface area contributed by atoms with Gasteiger partial charge in [-0.2, -0.15) is 0 Å². The number of phosphoric ester groups is 2. The van der Waals surface area contributed by atoms with Crippen molar-refractivity contribution in [3.8, 4) is 0 Å². The number of aliphatic hydroxyl groups excluding tert-OH is 1. The maximum atomic E-state index is 13.2. The first-order chi connectivity index (χ1) is 53.9. The molecule has 660 valence electrons. The first-order valence-electron chi connectivity index (χ1n) is 47.5. The fourth-order valence-corrected chi connectivity index (χ4v) is 16.0. The molecule has 0 rings (SSSR count). The van der Waals surface area contributed by atoms with Crippen LogP contribution in [0.1, 0.15) is 497 Å². The minimum absolute atomic E-state index is 0.109. The number of hydrogen-bond donors (Lipinski definition) is 3. The van der Waals surface area contributed by atoms with E-state index in [9.17, 15) is 43.2 Å². The lowest BCUT2D eigenvalue weighted by molar-refractivity contribution is -0.161. The molecule has 0 heterocycles. The Hall–Kier alpha value is -1.94. The molecular formula is C92H180O17P2. The summed E-state index contributed by atoms with van der Waals surface area (Å²) in [5, 5.41) is 10.7. The number of esters is 4. The molecule has 19 heteroatoms. The molecular weight excluding hydrogens is 1440 g/mol. The molecule has 6 atom stereocenters. The van der Waals surface area contributed by atoms with Crippen LogP contribution < -0.4 is 0 Å². The average molecular weight is 1620 g/mol. The molecule has 0 radical (unpaired) electrons. The van der Waals surface area contributed by atoms with Gasteiger partial charge < -0.3 is 33.8 Å². The van der Waals surface area contributed by atoms with Crippen molar-refractivity contribution in [2.24, 2.45) is 11.8 Å². The molecule has 0 aliphatic heterocycles. The van der Waals surface area contributed by atoms with Gasteiger partial charge in [-0.15, -0.1) is 0 Å². The summed E-state index contributed by atoms with van der Waals surface area (Å²) in [5.41, 5.74) is 0. The molecule has 0 aliphatic carbocycles. The van der Waals surface area contributed by atoms with Crippen LogP contribution in [0.4, 0.5) is 0 Å². The summed E-state index contributed by atoms with van der Waals surface area (Å²) < 4.78 is 69.1. The largest absolute Gasteiger partial charge is 0.472 e. The van der Waals surface area contributed by atoms with E-state index in [2.05, 4.69) is 41.5 Å². The van der Waals surface area contributed by atoms with E-state index in [1.54, 1.807) is 0 Å². The highest BCUT2D eigenvalue weighted by Gasteiger charge is 2.31. The Balaban J connectivity index is 5.26. The fourth-order valence-electron chi connectivity index (χ4n) is 14.4. The quantitative estimate of drug-likeness (QED) is 0.0222. The Labute approximate surface area is 683 Å². The SMILES string of the molecule is CCCCCCCCCCCCCCCCCCCC(=O)O[C@H](COC(=O)CCCCCCCCCCCCCCC)COP(=O)(O)OC[C@H](O)COP(=O)(O)OC[C@@H](COC(=O)CCCCCCCCCCCCCCCCCCC(C)C)OC(=O)CCCCCCCCCCCCCCCCCCCCC(C)CC. The number of unbranched alkanes of at least 4 members (excludes halogenated alkanes) is 60. The van der Waals surface area contributed by atoms with Crippen molar-refractivity contribution in [1.29, 1.82) is 0 Å². The summed E-state index contributed by atoms with van der Waals surface area (Å²) in [6.45, 7) is 9.82. The van der Waals surface area contributed by atoms with Gasteiger partial charge in [0.05, 0.1) is 26.4 Å². The lowest BCUT2D eigenvalue weighted by Gasteiger charge is -2.21. The van der Waals surface area contributed by atoms with E-state index >= 15 is 0 Å². The average Bonchev–Trinajstić information content (AvgIpc) is 0.896. The second-order valence-electron chi connectivity index (χ2n) is 33.8. The molecule has 3 N–H and O–H groups in total. The van der Waals surface area contributed by atoms with E-state index in [0.717, 1.165) is 102 Å². The molecule has 17 nitrogen and oxygen atoms in total. The zero-order valence-electron chi connectivity index (χ0n) is 73.3. The van der Waals surface area contributed by atoms with E-state index in [0.29, 0.717) is 25.7 Å². The van der Waals surface area contributed by atoms with Crippen LogP contribution in [0.15, 0.2) is 0 Å². The van der Waals surface area contributed by atoms with Crippen LogP contribution >= 0.6 is 15.6 Å². The van der Waals surface area contributed by atoms with Gasteiger partial charge in [0.15, 0.2) is 12.2 Å². The van der Waals surface area contributed by atoms with E-state index in [4.69, 9.17) is 37.0 Å². The summed E-state index contributed by atoms with van der Waals surface area (Å²) in [7, 11) is -9.94. The Morgan fingerprint density at radius 3 is 0.685 bits per heavy atom. The lowest BCUT2D eigenvalue weighted by Crippen LogP contribution is -2.30. The fraction of sp³-hybridized carbons (Fsp3) is 0.957. The Morgan fingerprint density at radius 2 is 0.459 bits per heavy atom. The van der Waals surface area contributed by atoms with Crippen molar-refractivity contribution in [3.63, 3.8) is 0 Å². The van der Waals surface area contributed by atoms with Crippen LogP contribution in [-0.4, -0.2) is 96.7 Å². The van der Waals surface area contributed by atoms with Crippen molar-refractivity contribution in [2.75, 3.05) is 39.6 Å². The number of carbonyl (C=O) groups is 4. The van der Waals surface area contributed by atoms with Gasteiger partial charge >= 0.3 is 39.5 Å². The van der Waals surface area contributed by atoms with E-state index < -0.39 is 97.5 Å². The number of aliphatic hydroxyl groups is 1. The van der Waals surface area contributed by atoms with Gasteiger partial charge in [0, 0.05) is 25.7 Å². The molecule has 3 unspecified atom stereocenters. The monoisotopic (exact) mass is 1620 g/mol. The first-order valence-corrected chi connectivity index (χ1v) is 50.5. The molecule has 0 saturated carbocycles. The maximum Gasteiger partial charge on any atom is 0.472 e. The van der Waals surface area contributed by atoms with Crippen molar-refractivity contribution in [2.45, 2.75) is 516 Å². The van der Waals surface area contributed by atoms with Crippen LogP contribution in [0, 0.1) is 11.8 Å². The van der Waals surface area contributed by atoms with Gasteiger partial charge in [-0.3, -0.25) is 37.3 Å². The topological polar surface area (TPSA) is 237 Å². The van der Waals surface area contributed by atoms with Gasteiger partial charge in [0.25, 0.3) is 0 Å². The van der Waals surface area contributed by atoms with Crippen molar-refractivity contribution in [3.05, 3.63) is 0 Å². The molecule has 0 amide bonds. The van der Waals surface area contributed by atoms with Gasteiger partial charge in [-0.05, 0) is 37.5 Å². The zero-order valence-corrected chi connectivity index (χ0v) is 75.1. The summed E-state index contributed by atoms with van der Waals surface area (Å²) in [6, 6.07) is 0. The van der Waals surface area contributed by atoms with Crippen molar-refractivity contribution < 1.29 is 80.2 Å². The van der Waals surface area contributed by atoms with Gasteiger partial charge in [0.1, 0.15) is 19.3 Å². The zero-order chi connectivity index (χ0) is 81.3. The summed E-state index contributed by atoms with van der Waals surface area (Å²) in [6.07, 6.45) is 77.7. The number of hydrogen-bond acceptors (Lipinski definition) is 15. The third-order valence-electron chi connectivity index (χ3n) is 22.1. The van der Waals surface area contributed by atoms with Crippen LogP contribution in [0.3, 0.4) is 0 Å². The third kappa shape index (κ3) is 84.3. The van der Waals surface area contributed by atoms with Crippen LogP contribution in [0.5, 0.6) is 0 Å². The maximum absolute atomic E-state index is 13.2. The number of phosphoric acid groups is 2. The van der Waals surface area contributed by atoms with Gasteiger partial charge in [-0.1, -0.05) is 446 Å². The van der Waals surface area contributed by atoms with Crippen LogP contribution in [0.25, 0.3) is 0 Å². The smallest absolute Gasteiger partial charge is 0.462 e. The molecule has 0 aromatic heterocycles. The van der Waals surface area contributed by atoms with Crippen molar-refractivity contribution >= 4 is 39.5 Å². The highest BCUT2D eigenvalue weighted by molar-refractivity contribution is 7.47. The predicted molar refractivity (Wildman–Crippen MR) is 460 cm³/mol. The summed E-state index contributed by atoms with van der Waals surface area (Å²) in [5.74, 6) is -0.408. The van der Waals surface area contributed by atoms with Gasteiger partial charge in [0.2, 0.25) is 0 Å². The molecule has 0 spiro atoms. The first kappa shape index (κ1) is 109. The van der Waals surface area contributed by atoms with E-state index in [1.165, 1.54) is 315 Å². The summed E-state index contributed by atoms with van der Waals surface area (Å²) >= 11 is 0. The Kier molecular flexibility index (Phi) is 81.7. The standard InChI is InChI=1S/C92H180O17P2/c1-7-10-12-14-16-18-20-22-23-26-34-40-46-52-58-64-70-76-91(96)108-87(80-102-89(94)74-68-62-56-50-44-36-21-19-17-15-13-11-8-2)82-106-110(98,99)104-78-86(93)79-105-111(100,101)107-83-88(81-103-90(95)75-69-63-57-51-45-39-33-30-29-31-37-42-48-54-60-66-72-84(4)5)109-92(97)77-71-65-59-53-47-41-35-28-25-24-27-32-38-43-49-55-61-67-73-85(6)9-3/h84-88,93H,7-83H2,1-6H3,(H,98,99)(H,100,101)/t85?,86-,87+,88+/m0/s1. The summed E-state index contributed by atoms with van der Waals surface area (Å²) in [4.78, 5) is 73.5. The minimum atomic E-state index is -4.97. The molecule has 111 heavy (non-hydrogen) atoms. The second-order valence-corrected chi connectivity index (χ2v) is 36.7. The van der Waals surface area contributed by atoms with Crippen LogP contribution in [-0.2, 0) is 65.4 Å². The van der Waals surface area contributed by atoms with E-state index in [-0.39, 0.29) is 25.7 Å². The lowest BCUT2D eigenvalue weighted by atomic mass is 9.99. The molecule has 0 aromatic rings. The third-order valence-corrected chi connectivity index (χ3v) is 24.0. The van der Waals surface area contributed by atoms with Crippen molar-refractivity contribution in [1.82, 2.24) is 0 Å². The normalized spacial score (nSPS) is 14.0. The van der Waals surface area contributed by atoms with E-state index in [1.807, 2.05) is 0 Å². The molecule has 0 aliphatic rings. The highest BCUT2D eigenvalue weighted by Crippen LogP contribution is 2.45. The molecule has 0 bridgehead atoms. The number of rotatable bonds is 91.